The van der Waals surface area contributed by atoms with Crippen molar-refractivity contribution in [3.05, 3.63) is 35.9 Å². The second-order valence-electron chi connectivity index (χ2n) is 6.86. The van der Waals surface area contributed by atoms with Crippen molar-refractivity contribution in [1.82, 2.24) is 10.6 Å². The van der Waals surface area contributed by atoms with Gasteiger partial charge in [-0.3, -0.25) is 14.9 Å². The largest absolute Gasteiger partial charge is 0.480 e. The molecule has 1 unspecified atom stereocenters. The molecule has 4 N–H and O–H groups in total. The second kappa shape index (κ2) is 9.67. The number of benzene rings is 1. The number of rotatable bonds is 4. The number of imide groups is 1. The monoisotopic (exact) mass is 380 g/mol. The molecule has 9 nitrogen and oxygen atoms in total. The Hall–Kier alpha value is -2.94. The van der Waals surface area contributed by atoms with Gasteiger partial charge < -0.3 is 20.3 Å². The third kappa shape index (κ3) is 8.82. The maximum Gasteiger partial charge on any atom is 0.408 e. The Kier molecular flexibility index (Phi) is 7.92. The molecule has 148 valence electrons. The van der Waals surface area contributed by atoms with Crippen LogP contribution in [0.4, 0.5) is 4.79 Å². The molecule has 0 aliphatic carbocycles. The minimum atomic E-state index is -1.11. The van der Waals surface area contributed by atoms with Crippen LogP contribution in [0.2, 0.25) is 0 Å². The van der Waals surface area contributed by atoms with Gasteiger partial charge in [0.15, 0.2) is 0 Å². The number of alkyl carbamates (subject to hydrolysis) is 1. The summed E-state index contributed by atoms with van der Waals surface area (Å²) < 4.78 is 5.04. The van der Waals surface area contributed by atoms with E-state index < -0.39 is 41.6 Å². The number of carboxylic acid groups (broad SMARTS) is 1. The van der Waals surface area contributed by atoms with Gasteiger partial charge in [-0.2, -0.15) is 0 Å². The zero-order chi connectivity index (χ0) is 20.6. The molecule has 1 saturated heterocycles. The molecule has 9 heteroatoms. The number of nitrogens with one attached hydrogen (secondary N) is 2. The summed E-state index contributed by atoms with van der Waals surface area (Å²) in [4.78, 5) is 43.1. The Bertz CT molecular complexity index is 683. The SMILES string of the molecule is CC(C)(C)OC(=O)N[C@@H](Cc1ccccc1)C(=O)O.O=C1CC(O)C(=O)N1. The first-order valence-corrected chi connectivity index (χ1v) is 8.26. The fourth-order valence-electron chi connectivity index (χ4n) is 2.04. The van der Waals surface area contributed by atoms with Crippen LogP contribution in [0, 0.1) is 0 Å². The Balaban J connectivity index is 0.000000377. The molecule has 0 aromatic heterocycles. The topological polar surface area (TPSA) is 142 Å². The van der Waals surface area contributed by atoms with E-state index >= 15 is 0 Å². The third-order valence-corrected chi connectivity index (χ3v) is 3.22. The molecule has 0 spiro atoms. The first kappa shape index (κ1) is 22.1. The van der Waals surface area contributed by atoms with Gasteiger partial charge in [-0.25, -0.2) is 9.59 Å². The number of carbonyl (C=O) groups is 4. The summed E-state index contributed by atoms with van der Waals surface area (Å²) in [5, 5.41) is 21.9. The van der Waals surface area contributed by atoms with Crippen LogP contribution in [0.25, 0.3) is 0 Å². The minimum Gasteiger partial charge on any atom is -0.480 e. The zero-order valence-corrected chi connectivity index (χ0v) is 15.4. The van der Waals surface area contributed by atoms with Crippen LogP contribution < -0.4 is 10.6 Å². The molecule has 0 saturated carbocycles. The maximum absolute atomic E-state index is 11.6. The number of aliphatic hydroxyl groups is 1. The van der Waals surface area contributed by atoms with Crippen molar-refractivity contribution in [3.63, 3.8) is 0 Å². The van der Waals surface area contributed by atoms with Gasteiger partial charge in [0.25, 0.3) is 5.91 Å². The maximum atomic E-state index is 11.6. The first-order chi connectivity index (χ1) is 12.5. The van der Waals surface area contributed by atoms with E-state index in [0.717, 1.165) is 5.56 Å². The average molecular weight is 380 g/mol. The third-order valence-electron chi connectivity index (χ3n) is 3.22. The van der Waals surface area contributed by atoms with Crippen molar-refractivity contribution in [2.45, 2.75) is 51.4 Å². The summed E-state index contributed by atoms with van der Waals surface area (Å²) in [6.07, 6.45) is -1.70. The van der Waals surface area contributed by atoms with Gasteiger partial charge >= 0.3 is 12.1 Å². The van der Waals surface area contributed by atoms with E-state index in [9.17, 15) is 19.2 Å². The van der Waals surface area contributed by atoms with Gasteiger partial charge in [-0.15, -0.1) is 0 Å². The van der Waals surface area contributed by atoms with Crippen molar-refractivity contribution in [1.29, 1.82) is 0 Å². The summed E-state index contributed by atoms with van der Waals surface area (Å²) in [5.74, 6) is -2.08. The predicted molar refractivity (Wildman–Crippen MR) is 94.7 cm³/mol. The molecule has 1 heterocycles. The van der Waals surface area contributed by atoms with Gasteiger partial charge in [0.2, 0.25) is 5.91 Å². The number of hydrogen-bond donors (Lipinski definition) is 4. The highest BCUT2D eigenvalue weighted by Crippen LogP contribution is 2.08. The number of ether oxygens (including phenoxy) is 1. The molecule has 3 amide bonds. The van der Waals surface area contributed by atoms with E-state index in [4.69, 9.17) is 14.9 Å². The summed E-state index contributed by atoms with van der Waals surface area (Å²) in [5.41, 5.74) is 0.186. The molecule has 0 bridgehead atoms. The highest BCUT2D eigenvalue weighted by atomic mass is 16.6. The molecular weight excluding hydrogens is 356 g/mol. The van der Waals surface area contributed by atoms with Crippen LogP contribution in [0.5, 0.6) is 0 Å². The lowest BCUT2D eigenvalue weighted by Gasteiger charge is -2.22. The van der Waals surface area contributed by atoms with Crippen molar-refractivity contribution >= 4 is 23.9 Å². The standard InChI is InChI=1S/C14H19NO4.C4H5NO3/c1-14(2,3)19-13(18)15-11(12(16)17)9-10-7-5-4-6-8-10;6-2-1-3(7)5-4(2)8/h4-8,11H,9H2,1-3H3,(H,15,18)(H,16,17);2,6H,1H2,(H,5,7,8)/t11-;/m0./s1. The van der Waals surface area contributed by atoms with E-state index in [-0.39, 0.29) is 12.8 Å². The second-order valence-corrected chi connectivity index (χ2v) is 6.86. The van der Waals surface area contributed by atoms with Gasteiger partial charge in [-0.1, -0.05) is 30.3 Å². The molecule has 1 aromatic carbocycles. The average Bonchev–Trinajstić information content (AvgIpc) is 2.82. The van der Waals surface area contributed by atoms with Crippen LogP contribution in [0.3, 0.4) is 0 Å². The smallest absolute Gasteiger partial charge is 0.408 e. The normalized spacial score (nSPS) is 17.3. The lowest BCUT2D eigenvalue weighted by Crippen LogP contribution is -2.44. The summed E-state index contributed by atoms with van der Waals surface area (Å²) in [6.45, 7) is 5.17. The van der Waals surface area contributed by atoms with Gasteiger partial charge in [0.1, 0.15) is 17.7 Å². The highest BCUT2D eigenvalue weighted by molar-refractivity contribution is 6.04. The molecular formula is C18H24N2O7. The van der Waals surface area contributed by atoms with Gasteiger partial charge in [-0.05, 0) is 26.3 Å². The summed E-state index contributed by atoms with van der Waals surface area (Å²) in [7, 11) is 0. The van der Waals surface area contributed by atoms with E-state index in [1.165, 1.54) is 0 Å². The Labute approximate surface area is 156 Å². The van der Waals surface area contributed by atoms with Crippen molar-refractivity contribution in [2.24, 2.45) is 0 Å². The molecule has 27 heavy (non-hydrogen) atoms. The molecule has 2 rings (SSSR count). The van der Waals surface area contributed by atoms with Crippen LogP contribution in [-0.2, 0) is 25.5 Å². The Morgan fingerprint density at radius 2 is 1.85 bits per heavy atom. The summed E-state index contributed by atoms with van der Waals surface area (Å²) in [6, 6.07) is 8.11. The molecule has 1 aromatic rings. The molecule has 1 fully saturated rings. The first-order valence-electron chi connectivity index (χ1n) is 8.26. The van der Waals surface area contributed by atoms with Gasteiger partial charge in [0, 0.05) is 6.42 Å². The van der Waals surface area contributed by atoms with Crippen molar-refractivity contribution < 1.29 is 34.1 Å². The number of carboxylic acids is 1. The quantitative estimate of drug-likeness (QED) is 0.560. The van der Waals surface area contributed by atoms with Crippen LogP contribution in [-0.4, -0.2) is 51.8 Å². The lowest BCUT2D eigenvalue weighted by molar-refractivity contribution is -0.139. The zero-order valence-electron chi connectivity index (χ0n) is 15.4. The van der Waals surface area contributed by atoms with E-state index in [2.05, 4.69) is 5.32 Å². The van der Waals surface area contributed by atoms with E-state index in [0.29, 0.717) is 0 Å². The predicted octanol–water partition coefficient (Wildman–Crippen LogP) is 0.601. The van der Waals surface area contributed by atoms with Crippen LogP contribution in [0.1, 0.15) is 32.8 Å². The van der Waals surface area contributed by atoms with E-state index in [1.807, 2.05) is 35.6 Å². The number of aliphatic hydroxyl groups excluding tert-OH is 1. The lowest BCUT2D eigenvalue weighted by atomic mass is 10.1. The highest BCUT2D eigenvalue weighted by Gasteiger charge is 2.27. The van der Waals surface area contributed by atoms with Crippen LogP contribution in [0.15, 0.2) is 30.3 Å². The Morgan fingerprint density at radius 1 is 1.26 bits per heavy atom. The fourth-order valence-corrected chi connectivity index (χ4v) is 2.04. The number of aliphatic carboxylic acids is 1. The molecule has 1 aliphatic heterocycles. The number of carbonyl (C=O) groups excluding carboxylic acids is 3. The summed E-state index contributed by atoms with van der Waals surface area (Å²) >= 11 is 0. The number of hydrogen-bond acceptors (Lipinski definition) is 6. The molecule has 1 aliphatic rings. The molecule has 0 radical (unpaired) electrons. The van der Waals surface area contributed by atoms with Gasteiger partial charge in [0.05, 0.1) is 6.42 Å². The van der Waals surface area contributed by atoms with Crippen molar-refractivity contribution in [3.8, 4) is 0 Å². The molecule has 2 atom stereocenters. The Morgan fingerprint density at radius 3 is 2.22 bits per heavy atom. The minimum absolute atomic E-state index is 0.0845. The van der Waals surface area contributed by atoms with Crippen LogP contribution >= 0.6 is 0 Å². The van der Waals surface area contributed by atoms with Crippen molar-refractivity contribution in [2.75, 3.05) is 0 Å². The van der Waals surface area contributed by atoms with E-state index in [1.54, 1.807) is 20.8 Å². The number of amides is 3. The fraction of sp³-hybridized carbons (Fsp3) is 0.444.